The van der Waals surface area contributed by atoms with Crippen LogP contribution in [0.4, 0.5) is 5.00 Å². The van der Waals surface area contributed by atoms with Crippen molar-refractivity contribution in [2.45, 2.75) is 58.8 Å². The third-order valence-corrected chi connectivity index (χ3v) is 5.05. The van der Waals surface area contributed by atoms with Gasteiger partial charge < -0.3 is 5.32 Å². The number of hydrogen-bond donors (Lipinski definition) is 1. The fourth-order valence-corrected chi connectivity index (χ4v) is 4.06. The minimum Gasteiger partial charge on any atom is -0.317 e. The number of carbonyl (C=O) groups excluding carboxylic acids is 1. The Hall–Kier alpha value is -1.34. The molecular weight excluding hydrogens is 268 g/mol. The number of hydrogen-bond acceptors (Lipinski definition) is 3. The molecule has 0 bridgehead atoms. The Morgan fingerprint density at radius 1 is 1.50 bits per heavy atom. The van der Waals surface area contributed by atoms with Crippen molar-refractivity contribution in [2.24, 2.45) is 5.92 Å². The van der Waals surface area contributed by atoms with Gasteiger partial charge in [0.2, 0.25) is 5.91 Å². The summed E-state index contributed by atoms with van der Waals surface area (Å²) in [6.45, 7) is 4.37. The summed E-state index contributed by atoms with van der Waals surface area (Å²) in [5.41, 5.74) is 1.89. The summed E-state index contributed by atoms with van der Waals surface area (Å²) in [5, 5.41) is 13.1. The Morgan fingerprint density at radius 2 is 2.30 bits per heavy atom. The SMILES string of the molecule is CCCCCC(=O)Nc1sc2c(c1C#N)CCC(C)C2. The van der Waals surface area contributed by atoms with E-state index < -0.39 is 0 Å². The lowest BCUT2D eigenvalue weighted by Crippen LogP contribution is -2.11. The van der Waals surface area contributed by atoms with Crippen molar-refractivity contribution in [3.05, 3.63) is 16.0 Å². The van der Waals surface area contributed by atoms with Gasteiger partial charge in [-0.3, -0.25) is 4.79 Å². The molecule has 108 valence electrons. The molecule has 3 nitrogen and oxygen atoms in total. The van der Waals surface area contributed by atoms with Crippen LogP contribution >= 0.6 is 11.3 Å². The summed E-state index contributed by atoms with van der Waals surface area (Å²) in [5.74, 6) is 0.724. The summed E-state index contributed by atoms with van der Waals surface area (Å²) in [6.07, 6.45) is 6.83. The molecule has 0 fully saturated rings. The average molecular weight is 290 g/mol. The molecule has 20 heavy (non-hydrogen) atoms. The van der Waals surface area contributed by atoms with Gasteiger partial charge in [0.25, 0.3) is 0 Å². The van der Waals surface area contributed by atoms with E-state index in [0.29, 0.717) is 17.9 Å². The minimum atomic E-state index is 0.0431. The summed E-state index contributed by atoms with van der Waals surface area (Å²) in [7, 11) is 0. The molecule has 0 saturated carbocycles. The number of carbonyl (C=O) groups is 1. The number of anilines is 1. The average Bonchev–Trinajstić information content (AvgIpc) is 2.75. The Kier molecular flexibility index (Phi) is 5.19. The Bertz CT molecular complexity index is 527. The molecule has 0 aromatic carbocycles. The highest BCUT2D eigenvalue weighted by atomic mass is 32.1. The zero-order valence-electron chi connectivity index (χ0n) is 12.3. The minimum absolute atomic E-state index is 0.0431. The number of amides is 1. The number of thiophene rings is 1. The molecule has 1 N–H and O–H groups in total. The van der Waals surface area contributed by atoms with E-state index in [2.05, 4.69) is 25.2 Å². The monoisotopic (exact) mass is 290 g/mol. The van der Waals surface area contributed by atoms with Crippen molar-refractivity contribution in [3.8, 4) is 6.07 Å². The molecule has 1 aliphatic carbocycles. The summed E-state index contributed by atoms with van der Waals surface area (Å²) in [6, 6.07) is 2.29. The molecule has 1 aromatic heterocycles. The second kappa shape index (κ2) is 6.90. The maximum absolute atomic E-state index is 11.9. The Morgan fingerprint density at radius 3 is 3.00 bits per heavy atom. The van der Waals surface area contributed by atoms with Crippen molar-refractivity contribution in [1.29, 1.82) is 5.26 Å². The highest BCUT2D eigenvalue weighted by Gasteiger charge is 2.24. The van der Waals surface area contributed by atoms with Crippen molar-refractivity contribution in [1.82, 2.24) is 0 Å². The van der Waals surface area contributed by atoms with Crippen LogP contribution in [0.3, 0.4) is 0 Å². The number of unbranched alkanes of at least 4 members (excludes halogenated alkanes) is 2. The third kappa shape index (κ3) is 3.40. The number of rotatable bonds is 5. The first-order valence-corrected chi connectivity index (χ1v) is 8.31. The molecule has 0 radical (unpaired) electrons. The largest absolute Gasteiger partial charge is 0.317 e. The van der Waals surface area contributed by atoms with Gasteiger partial charge in [-0.15, -0.1) is 11.3 Å². The van der Waals surface area contributed by atoms with Crippen LogP contribution in [0.2, 0.25) is 0 Å². The number of fused-ring (bicyclic) bond motifs is 1. The predicted octanol–water partition coefficient (Wildman–Crippen LogP) is 4.26. The van der Waals surface area contributed by atoms with Gasteiger partial charge in [0, 0.05) is 11.3 Å². The van der Waals surface area contributed by atoms with Crippen LogP contribution in [-0.4, -0.2) is 5.91 Å². The van der Waals surface area contributed by atoms with Crippen LogP contribution in [0.15, 0.2) is 0 Å². The van der Waals surface area contributed by atoms with Crippen LogP contribution in [0.1, 0.15) is 62.0 Å². The van der Waals surface area contributed by atoms with Crippen LogP contribution in [0.5, 0.6) is 0 Å². The van der Waals surface area contributed by atoms with Gasteiger partial charge in [-0.25, -0.2) is 0 Å². The Labute approximate surface area is 125 Å². The van der Waals surface area contributed by atoms with Gasteiger partial charge in [-0.05, 0) is 37.2 Å². The summed E-state index contributed by atoms with van der Waals surface area (Å²) in [4.78, 5) is 13.2. The third-order valence-electron chi connectivity index (χ3n) is 3.88. The molecule has 1 atom stereocenters. The van der Waals surface area contributed by atoms with E-state index >= 15 is 0 Å². The van der Waals surface area contributed by atoms with Gasteiger partial charge in [0.15, 0.2) is 0 Å². The van der Waals surface area contributed by atoms with E-state index in [1.807, 2.05) is 0 Å². The molecule has 0 aliphatic heterocycles. The van der Waals surface area contributed by atoms with E-state index in [1.54, 1.807) is 11.3 Å². The van der Waals surface area contributed by atoms with E-state index in [9.17, 15) is 10.1 Å². The molecule has 2 rings (SSSR count). The van der Waals surface area contributed by atoms with Crippen LogP contribution in [0.25, 0.3) is 0 Å². The van der Waals surface area contributed by atoms with Crippen molar-refractivity contribution >= 4 is 22.2 Å². The quantitative estimate of drug-likeness (QED) is 0.824. The zero-order chi connectivity index (χ0) is 14.5. The second-order valence-corrected chi connectivity index (χ2v) is 6.78. The summed E-state index contributed by atoms with van der Waals surface area (Å²) < 4.78 is 0. The first-order chi connectivity index (χ1) is 9.65. The maximum Gasteiger partial charge on any atom is 0.225 e. The van der Waals surface area contributed by atoms with E-state index in [1.165, 1.54) is 10.4 Å². The Balaban J connectivity index is 2.09. The molecular formula is C16H22N2OS. The van der Waals surface area contributed by atoms with Gasteiger partial charge in [-0.2, -0.15) is 5.26 Å². The molecule has 0 spiro atoms. The van der Waals surface area contributed by atoms with Gasteiger partial charge in [-0.1, -0.05) is 26.7 Å². The molecule has 1 unspecified atom stereocenters. The first kappa shape index (κ1) is 15.1. The molecule has 1 heterocycles. The first-order valence-electron chi connectivity index (χ1n) is 7.50. The molecule has 0 saturated heterocycles. The highest BCUT2D eigenvalue weighted by molar-refractivity contribution is 7.16. The van der Waals surface area contributed by atoms with Crippen molar-refractivity contribution in [2.75, 3.05) is 5.32 Å². The predicted molar refractivity (Wildman–Crippen MR) is 83.0 cm³/mol. The van der Waals surface area contributed by atoms with Crippen LogP contribution < -0.4 is 5.32 Å². The number of nitrogens with one attached hydrogen (secondary N) is 1. The van der Waals surface area contributed by atoms with E-state index in [0.717, 1.165) is 43.5 Å². The van der Waals surface area contributed by atoms with E-state index in [4.69, 9.17) is 0 Å². The summed E-state index contributed by atoms with van der Waals surface area (Å²) >= 11 is 1.60. The molecule has 1 amide bonds. The number of nitrogens with zero attached hydrogens (tertiary/aromatic N) is 1. The van der Waals surface area contributed by atoms with Crippen LogP contribution in [0, 0.1) is 17.2 Å². The van der Waals surface area contributed by atoms with Crippen molar-refractivity contribution < 1.29 is 4.79 Å². The second-order valence-electron chi connectivity index (χ2n) is 5.67. The fourth-order valence-electron chi connectivity index (χ4n) is 2.68. The zero-order valence-corrected chi connectivity index (χ0v) is 13.1. The highest BCUT2D eigenvalue weighted by Crippen LogP contribution is 2.39. The van der Waals surface area contributed by atoms with Gasteiger partial charge >= 0.3 is 0 Å². The lowest BCUT2D eigenvalue weighted by molar-refractivity contribution is -0.116. The standard InChI is InChI=1S/C16H22N2OS/c1-3-4-5-6-15(19)18-16-13(10-17)12-8-7-11(2)9-14(12)20-16/h11H,3-9H2,1-2H3,(H,18,19). The fraction of sp³-hybridized carbons (Fsp3) is 0.625. The topological polar surface area (TPSA) is 52.9 Å². The number of nitriles is 1. The lowest BCUT2D eigenvalue weighted by atomic mass is 9.88. The molecule has 4 heteroatoms. The molecule has 1 aromatic rings. The normalized spacial score (nSPS) is 17.4. The van der Waals surface area contributed by atoms with Crippen molar-refractivity contribution in [3.63, 3.8) is 0 Å². The van der Waals surface area contributed by atoms with Crippen LogP contribution in [-0.2, 0) is 17.6 Å². The molecule has 1 aliphatic rings. The van der Waals surface area contributed by atoms with Gasteiger partial charge in [0.1, 0.15) is 11.1 Å². The maximum atomic E-state index is 11.9. The lowest BCUT2D eigenvalue weighted by Gasteiger charge is -2.17. The van der Waals surface area contributed by atoms with E-state index in [-0.39, 0.29) is 5.91 Å². The smallest absolute Gasteiger partial charge is 0.225 e. The van der Waals surface area contributed by atoms with Gasteiger partial charge in [0.05, 0.1) is 5.56 Å².